The van der Waals surface area contributed by atoms with Gasteiger partial charge in [-0.25, -0.2) is 9.97 Å². The first-order valence-electron chi connectivity index (χ1n) is 9.57. The van der Waals surface area contributed by atoms with E-state index in [0.29, 0.717) is 13.0 Å². The van der Waals surface area contributed by atoms with Gasteiger partial charge >= 0.3 is 0 Å². The molecule has 0 N–H and O–H groups in total. The summed E-state index contributed by atoms with van der Waals surface area (Å²) in [5.74, 6) is 2.12. The third-order valence-electron chi connectivity index (χ3n) is 5.25. The Kier molecular flexibility index (Phi) is 4.86. The molecule has 2 aromatic heterocycles. The molecule has 0 atom stereocenters. The van der Waals surface area contributed by atoms with Crippen LogP contribution < -0.4 is 4.90 Å². The molecule has 0 bridgehead atoms. The third kappa shape index (κ3) is 3.57. The highest BCUT2D eigenvalue weighted by Gasteiger charge is 2.27. The highest BCUT2D eigenvalue weighted by atomic mass is 16.2. The zero-order chi connectivity index (χ0) is 17.9. The van der Waals surface area contributed by atoms with Crippen molar-refractivity contribution in [3.05, 3.63) is 35.5 Å². The number of carbonyl (C=O) groups is 1. The monoisotopic (exact) mass is 354 g/mol. The van der Waals surface area contributed by atoms with Gasteiger partial charge in [0.15, 0.2) is 0 Å². The average Bonchev–Trinajstić information content (AvgIpc) is 3.34. The van der Waals surface area contributed by atoms with Gasteiger partial charge in [0.2, 0.25) is 5.91 Å². The van der Waals surface area contributed by atoms with Crippen LogP contribution in [0.1, 0.15) is 42.8 Å². The second-order valence-corrected chi connectivity index (χ2v) is 7.15. The van der Waals surface area contributed by atoms with Crippen LogP contribution in [0.5, 0.6) is 0 Å². The molecule has 7 nitrogen and oxygen atoms in total. The Hall–Kier alpha value is -2.44. The fourth-order valence-electron chi connectivity index (χ4n) is 3.92. The number of aromatic nitrogens is 4. The molecule has 2 aromatic rings. The van der Waals surface area contributed by atoms with E-state index >= 15 is 0 Å². The predicted octanol–water partition coefficient (Wildman–Crippen LogP) is 1.95. The molecule has 2 aliphatic rings. The van der Waals surface area contributed by atoms with E-state index in [0.717, 1.165) is 56.4 Å². The Balaban J connectivity index is 1.41. The van der Waals surface area contributed by atoms with Gasteiger partial charge in [-0.15, -0.1) is 0 Å². The van der Waals surface area contributed by atoms with Crippen molar-refractivity contribution in [1.82, 2.24) is 24.6 Å². The van der Waals surface area contributed by atoms with Crippen LogP contribution in [0.15, 0.2) is 18.5 Å². The molecule has 1 amide bonds. The maximum absolute atomic E-state index is 12.6. The fraction of sp³-hybridized carbons (Fsp3) is 0.579. The summed E-state index contributed by atoms with van der Waals surface area (Å²) in [7, 11) is 0. The number of hydrogen-bond acceptors (Lipinski definition) is 5. The van der Waals surface area contributed by atoms with E-state index in [9.17, 15) is 4.79 Å². The Labute approximate surface area is 154 Å². The number of amides is 1. The van der Waals surface area contributed by atoms with Crippen LogP contribution in [0.25, 0.3) is 0 Å². The normalized spacial score (nSPS) is 16.8. The number of carbonyl (C=O) groups excluding carboxylic acids is 1. The molecule has 0 radical (unpaired) electrons. The Bertz CT molecular complexity index is 767. The average molecular weight is 354 g/mol. The van der Waals surface area contributed by atoms with E-state index in [1.807, 2.05) is 28.8 Å². The van der Waals surface area contributed by atoms with Crippen LogP contribution in [0.3, 0.4) is 0 Å². The summed E-state index contributed by atoms with van der Waals surface area (Å²) in [6.45, 7) is 6.27. The topological polar surface area (TPSA) is 67.2 Å². The maximum Gasteiger partial charge on any atom is 0.222 e. The molecule has 7 heteroatoms. The lowest BCUT2D eigenvalue weighted by molar-refractivity contribution is -0.132. The molecule has 26 heavy (non-hydrogen) atoms. The third-order valence-corrected chi connectivity index (χ3v) is 5.25. The molecule has 0 spiro atoms. The fourth-order valence-corrected chi connectivity index (χ4v) is 3.92. The lowest BCUT2D eigenvalue weighted by atomic mass is 10.0. The molecule has 138 valence electrons. The predicted molar refractivity (Wildman–Crippen MR) is 98.8 cm³/mol. The smallest absolute Gasteiger partial charge is 0.222 e. The number of anilines is 1. The van der Waals surface area contributed by atoms with Crippen LogP contribution in [0, 0.1) is 6.92 Å². The van der Waals surface area contributed by atoms with Crippen molar-refractivity contribution in [3.63, 3.8) is 0 Å². The standard InChI is InChI=1S/C19H26N6O/c1-15-21-17-14-24(18(26)6-4-11-25-12-5-8-20-25)13-7-16(17)19(22-15)23-9-2-3-10-23/h5,8,12H,2-4,6-7,9-11,13-14H2,1H3. The van der Waals surface area contributed by atoms with E-state index in [2.05, 4.69) is 15.0 Å². The molecule has 0 unspecified atom stereocenters. The SMILES string of the molecule is Cc1nc2c(c(N3CCCC3)n1)CCN(C(=O)CCCn1cccn1)C2. The number of aryl methyl sites for hydroxylation is 2. The minimum Gasteiger partial charge on any atom is -0.356 e. The van der Waals surface area contributed by atoms with Crippen LogP contribution in [0.2, 0.25) is 0 Å². The van der Waals surface area contributed by atoms with Gasteiger partial charge in [0.25, 0.3) is 0 Å². The van der Waals surface area contributed by atoms with Crippen molar-refractivity contribution >= 4 is 11.7 Å². The molecular weight excluding hydrogens is 328 g/mol. The molecule has 2 aliphatic heterocycles. The van der Waals surface area contributed by atoms with Crippen LogP contribution in [-0.2, 0) is 24.3 Å². The van der Waals surface area contributed by atoms with Gasteiger partial charge in [0.05, 0.1) is 12.2 Å². The second-order valence-electron chi connectivity index (χ2n) is 7.15. The van der Waals surface area contributed by atoms with E-state index in [-0.39, 0.29) is 5.91 Å². The van der Waals surface area contributed by atoms with Gasteiger partial charge < -0.3 is 9.80 Å². The minimum atomic E-state index is 0.210. The number of rotatable bonds is 5. The maximum atomic E-state index is 12.6. The van der Waals surface area contributed by atoms with E-state index in [1.54, 1.807) is 6.20 Å². The van der Waals surface area contributed by atoms with Crippen molar-refractivity contribution in [1.29, 1.82) is 0 Å². The number of nitrogens with zero attached hydrogens (tertiary/aromatic N) is 6. The molecule has 4 rings (SSSR count). The van der Waals surface area contributed by atoms with Gasteiger partial charge in [0.1, 0.15) is 11.6 Å². The molecule has 4 heterocycles. The van der Waals surface area contributed by atoms with Crippen molar-refractivity contribution in [2.24, 2.45) is 0 Å². The van der Waals surface area contributed by atoms with Crippen molar-refractivity contribution in [2.45, 2.75) is 52.1 Å². The Morgan fingerprint density at radius 2 is 2.04 bits per heavy atom. The van der Waals surface area contributed by atoms with Crippen LogP contribution in [0.4, 0.5) is 5.82 Å². The molecule has 0 saturated carbocycles. The van der Waals surface area contributed by atoms with E-state index in [1.165, 1.54) is 18.4 Å². The molecule has 1 fully saturated rings. The summed E-state index contributed by atoms with van der Waals surface area (Å²) in [6, 6.07) is 1.91. The van der Waals surface area contributed by atoms with Gasteiger partial charge in [0, 0.05) is 50.6 Å². The molecule has 0 aromatic carbocycles. The molecular formula is C19H26N6O. The Morgan fingerprint density at radius 1 is 1.19 bits per heavy atom. The van der Waals surface area contributed by atoms with Gasteiger partial charge in [-0.05, 0) is 38.7 Å². The van der Waals surface area contributed by atoms with Crippen LogP contribution >= 0.6 is 0 Å². The summed E-state index contributed by atoms with van der Waals surface area (Å²) in [5.41, 5.74) is 2.28. The number of fused-ring (bicyclic) bond motifs is 1. The van der Waals surface area contributed by atoms with Gasteiger partial charge in [-0.1, -0.05) is 0 Å². The molecule has 0 aliphatic carbocycles. The number of hydrogen-bond donors (Lipinski definition) is 0. The summed E-state index contributed by atoms with van der Waals surface area (Å²) in [6.07, 6.45) is 8.39. The lowest BCUT2D eigenvalue weighted by Crippen LogP contribution is -2.38. The largest absolute Gasteiger partial charge is 0.356 e. The van der Waals surface area contributed by atoms with E-state index in [4.69, 9.17) is 4.98 Å². The summed E-state index contributed by atoms with van der Waals surface area (Å²) in [5, 5.41) is 4.18. The van der Waals surface area contributed by atoms with Gasteiger partial charge in [-0.3, -0.25) is 9.48 Å². The highest BCUT2D eigenvalue weighted by molar-refractivity contribution is 5.76. The van der Waals surface area contributed by atoms with Crippen molar-refractivity contribution in [2.75, 3.05) is 24.5 Å². The summed E-state index contributed by atoms with van der Waals surface area (Å²) >= 11 is 0. The Morgan fingerprint density at radius 3 is 2.81 bits per heavy atom. The quantitative estimate of drug-likeness (QED) is 0.821. The van der Waals surface area contributed by atoms with Crippen LogP contribution in [-0.4, -0.2) is 50.2 Å². The molecule has 1 saturated heterocycles. The first-order chi connectivity index (χ1) is 12.7. The zero-order valence-electron chi connectivity index (χ0n) is 15.4. The minimum absolute atomic E-state index is 0.210. The van der Waals surface area contributed by atoms with E-state index < -0.39 is 0 Å². The van der Waals surface area contributed by atoms with Crippen molar-refractivity contribution < 1.29 is 4.79 Å². The summed E-state index contributed by atoms with van der Waals surface area (Å²) in [4.78, 5) is 26.3. The highest BCUT2D eigenvalue weighted by Crippen LogP contribution is 2.29. The van der Waals surface area contributed by atoms with Gasteiger partial charge in [-0.2, -0.15) is 5.10 Å². The first-order valence-corrected chi connectivity index (χ1v) is 9.57. The zero-order valence-corrected chi connectivity index (χ0v) is 15.4. The van der Waals surface area contributed by atoms with Crippen molar-refractivity contribution in [3.8, 4) is 0 Å². The first kappa shape index (κ1) is 17.0. The second kappa shape index (κ2) is 7.43. The lowest BCUT2D eigenvalue weighted by Gasteiger charge is -2.31. The summed E-state index contributed by atoms with van der Waals surface area (Å²) < 4.78 is 1.87.